The lowest BCUT2D eigenvalue weighted by molar-refractivity contribution is -0.000909. The number of hydrogen-bond acceptors (Lipinski definition) is 2. The normalized spacial score (nSPS) is 17.9. The second kappa shape index (κ2) is 3.10. The molecule has 0 amide bonds. The molecule has 0 radical (unpaired) electrons. The lowest BCUT2D eigenvalue weighted by atomic mass is 9.92. The highest BCUT2D eigenvalue weighted by atomic mass is 16.3. The van der Waals surface area contributed by atoms with Crippen LogP contribution < -0.4 is 0 Å². The van der Waals surface area contributed by atoms with Crippen LogP contribution in [-0.4, -0.2) is 30.3 Å². The van der Waals surface area contributed by atoms with E-state index in [1.165, 1.54) is 0 Å². The molecule has 0 aromatic rings. The van der Waals surface area contributed by atoms with E-state index in [4.69, 9.17) is 10.2 Å². The molecule has 8 heavy (non-hydrogen) atoms. The van der Waals surface area contributed by atoms with Gasteiger partial charge in [0.1, 0.15) is 7.85 Å². The molecule has 0 rings (SSSR count). The number of hydrogen-bond donors (Lipinski definition) is 2. The zero-order valence-corrected chi connectivity index (χ0v) is 5.52. The molecule has 0 fully saturated rings. The number of aliphatic hydroxyl groups excluding tert-OH is 1. The average molecular weight is 116 g/mol. The summed E-state index contributed by atoms with van der Waals surface area (Å²) in [7, 11) is 1.98. The second-order valence-electron chi connectivity index (χ2n) is 2.41. The molecular weight excluding hydrogens is 103 g/mol. The lowest BCUT2D eigenvalue weighted by Gasteiger charge is -2.18. The van der Waals surface area contributed by atoms with Gasteiger partial charge in [0, 0.05) is 0 Å². The van der Waals surface area contributed by atoms with Crippen molar-refractivity contribution in [1.82, 2.24) is 0 Å². The summed E-state index contributed by atoms with van der Waals surface area (Å²) in [4.78, 5) is 0. The highest BCUT2D eigenvalue weighted by molar-refractivity contribution is 6.08. The number of aliphatic hydroxyl groups is 2. The summed E-state index contributed by atoms with van der Waals surface area (Å²) in [6.07, 6.45) is 1.58. The Balaban J connectivity index is 3.37. The first kappa shape index (κ1) is 7.98. The van der Waals surface area contributed by atoms with Crippen LogP contribution >= 0.6 is 0 Å². The van der Waals surface area contributed by atoms with Gasteiger partial charge in [0.15, 0.2) is 0 Å². The first-order valence-electron chi connectivity index (χ1n) is 2.95. The predicted octanol–water partition coefficient (Wildman–Crippen LogP) is -0.829. The topological polar surface area (TPSA) is 40.5 Å². The van der Waals surface area contributed by atoms with Crippen LogP contribution in [0.5, 0.6) is 0 Å². The summed E-state index contributed by atoms with van der Waals surface area (Å²) in [5, 5.41) is 17.5. The largest absolute Gasteiger partial charge is 0.393 e. The molecule has 48 valence electrons. The van der Waals surface area contributed by atoms with Crippen molar-refractivity contribution < 1.29 is 10.2 Å². The first-order valence-corrected chi connectivity index (χ1v) is 2.95. The molecule has 0 aliphatic carbocycles. The summed E-state index contributed by atoms with van der Waals surface area (Å²) >= 11 is 0. The minimum absolute atomic E-state index is 0.138. The average Bonchev–Trinajstić information content (AvgIpc) is 1.67. The van der Waals surface area contributed by atoms with Crippen LogP contribution in [0.4, 0.5) is 0 Å². The molecule has 0 aliphatic heterocycles. The number of rotatable bonds is 3. The summed E-state index contributed by atoms with van der Waals surface area (Å²) in [6.45, 7) is 1.50. The highest BCUT2D eigenvalue weighted by Crippen LogP contribution is 2.08. The molecule has 0 aliphatic rings. The van der Waals surface area contributed by atoms with E-state index >= 15 is 0 Å². The minimum atomic E-state index is -0.852. The Hall–Kier alpha value is -0.0151. The van der Waals surface area contributed by atoms with Crippen LogP contribution in [0, 0.1) is 0 Å². The molecule has 1 atom stereocenters. The third-order valence-electron chi connectivity index (χ3n) is 1.13. The van der Waals surface area contributed by atoms with E-state index in [0.29, 0.717) is 6.42 Å². The Kier molecular flexibility index (Phi) is 3.09. The highest BCUT2D eigenvalue weighted by Gasteiger charge is 2.15. The van der Waals surface area contributed by atoms with E-state index in [9.17, 15) is 0 Å². The molecule has 0 aromatic carbocycles. The first-order chi connectivity index (χ1) is 3.62. The Morgan fingerprint density at radius 1 is 1.62 bits per heavy atom. The molecule has 0 bridgehead atoms. The Morgan fingerprint density at radius 3 is 2.25 bits per heavy atom. The van der Waals surface area contributed by atoms with Crippen LogP contribution in [0.2, 0.25) is 6.32 Å². The van der Waals surface area contributed by atoms with Gasteiger partial charge in [0.2, 0.25) is 0 Å². The van der Waals surface area contributed by atoms with Crippen molar-refractivity contribution in [2.75, 3.05) is 6.61 Å². The molecule has 0 saturated carbocycles. The Morgan fingerprint density at radius 2 is 2.12 bits per heavy atom. The van der Waals surface area contributed by atoms with Crippen LogP contribution in [0.15, 0.2) is 0 Å². The SMILES string of the molecule is BCCC(C)(O)CO. The van der Waals surface area contributed by atoms with E-state index in [-0.39, 0.29) is 6.61 Å². The van der Waals surface area contributed by atoms with Crippen molar-refractivity contribution in [1.29, 1.82) is 0 Å². The van der Waals surface area contributed by atoms with Gasteiger partial charge in [-0.15, -0.1) is 0 Å². The molecule has 0 saturated heterocycles. The van der Waals surface area contributed by atoms with E-state index in [1.54, 1.807) is 6.92 Å². The van der Waals surface area contributed by atoms with Crippen molar-refractivity contribution in [3.05, 3.63) is 0 Å². The third kappa shape index (κ3) is 3.05. The monoisotopic (exact) mass is 116 g/mol. The Labute approximate surface area is 50.9 Å². The van der Waals surface area contributed by atoms with E-state index in [0.717, 1.165) is 6.32 Å². The summed E-state index contributed by atoms with van der Waals surface area (Å²) in [5.41, 5.74) is -0.852. The van der Waals surface area contributed by atoms with Gasteiger partial charge in [-0.25, -0.2) is 0 Å². The molecule has 1 unspecified atom stereocenters. The van der Waals surface area contributed by atoms with Gasteiger partial charge in [-0.3, -0.25) is 0 Å². The van der Waals surface area contributed by atoms with Gasteiger partial charge >= 0.3 is 0 Å². The maximum absolute atomic E-state index is 9.07. The van der Waals surface area contributed by atoms with Crippen molar-refractivity contribution >= 4 is 7.85 Å². The fourth-order valence-corrected chi connectivity index (χ4v) is 0.618. The van der Waals surface area contributed by atoms with Crippen LogP contribution in [0.25, 0.3) is 0 Å². The quantitative estimate of drug-likeness (QED) is 0.472. The van der Waals surface area contributed by atoms with E-state index in [2.05, 4.69) is 0 Å². The molecule has 0 aromatic heterocycles. The fraction of sp³-hybridized carbons (Fsp3) is 1.00. The third-order valence-corrected chi connectivity index (χ3v) is 1.13. The molecule has 0 spiro atoms. The second-order valence-corrected chi connectivity index (χ2v) is 2.41. The molecule has 3 heteroatoms. The van der Waals surface area contributed by atoms with E-state index in [1.807, 2.05) is 7.85 Å². The van der Waals surface area contributed by atoms with Crippen LogP contribution in [0.3, 0.4) is 0 Å². The lowest BCUT2D eigenvalue weighted by Crippen LogP contribution is -2.28. The zero-order chi connectivity index (χ0) is 6.62. The van der Waals surface area contributed by atoms with Crippen molar-refractivity contribution in [2.24, 2.45) is 0 Å². The summed E-state index contributed by atoms with van der Waals surface area (Å²) < 4.78 is 0. The zero-order valence-electron chi connectivity index (χ0n) is 5.52. The minimum Gasteiger partial charge on any atom is -0.393 e. The standard InChI is InChI=1S/C5H13BO2/c1-5(8,4-7)2-3-6/h7-8H,2-4,6H2,1H3. The smallest absolute Gasteiger partial charge is 0.101 e. The molecular formula is C5H13BO2. The molecule has 2 N–H and O–H groups in total. The molecule has 0 heterocycles. The van der Waals surface area contributed by atoms with Crippen molar-refractivity contribution in [3.8, 4) is 0 Å². The van der Waals surface area contributed by atoms with Gasteiger partial charge in [-0.1, -0.05) is 6.32 Å². The van der Waals surface area contributed by atoms with Gasteiger partial charge in [-0.05, 0) is 13.3 Å². The molecule has 2 nitrogen and oxygen atoms in total. The van der Waals surface area contributed by atoms with Crippen LogP contribution in [-0.2, 0) is 0 Å². The maximum Gasteiger partial charge on any atom is 0.101 e. The van der Waals surface area contributed by atoms with Crippen LogP contribution in [0.1, 0.15) is 13.3 Å². The van der Waals surface area contributed by atoms with Gasteiger partial charge in [-0.2, -0.15) is 0 Å². The summed E-state index contributed by atoms with van der Waals surface area (Å²) in [6, 6.07) is 0. The van der Waals surface area contributed by atoms with Gasteiger partial charge in [0.05, 0.1) is 12.2 Å². The maximum atomic E-state index is 9.07. The van der Waals surface area contributed by atoms with Gasteiger partial charge in [0.25, 0.3) is 0 Å². The van der Waals surface area contributed by atoms with Crippen molar-refractivity contribution in [3.63, 3.8) is 0 Å². The Bertz CT molecular complexity index is 63.4. The summed E-state index contributed by atoms with van der Waals surface area (Å²) in [5.74, 6) is 0. The predicted molar refractivity (Wildman–Crippen MR) is 35.7 cm³/mol. The fourth-order valence-electron chi connectivity index (χ4n) is 0.618. The van der Waals surface area contributed by atoms with E-state index < -0.39 is 5.60 Å². The van der Waals surface area contributed by atoms with Gasteiger partial charge < -0.3 is 10.2 Å². The van der Waals surface area contributed by atoms with Crippen molar-refractivity contribution in [2.45, 2.75) is 25.3 Å².